The summed E-state index contributed by atoms with van der Waals surface area (Å²) in [6.45, 7) is 3.42. The van der Waals surface area contributed by atoms with Crippen molar-refractivity contribution < 1.29 is 9.59 Å². The SMILES string of the molecule is O=C1CCC(C(=O)NCC#CCN2CCCCCCC2)N1. The molecule has 0 radical (unpaired) electrons. The van der Waals surface area contributed by atoms with Gasteiger partial charge in [0.1, 0.15) is 6.04 Å². The number of nitrogens with zero attached hydrogens (tertiary/aromatic N) is 1. The number of hydrogen-bond donors (Lipinski definition) is 2. The summed E-state index contributed by atoms with van der Waals surface area (Å²) in [7, 11) is 0. The van der Waals surface area contributed by atoms with E-state index >= 15 is 0 Å². The Labute approximate surface area is 126 Å². The molecule has 2 rings (SSSR count). The second-order valence-electron chi connectivity index (χ2n) is 5.77. The van der Waals surface area contributed by atoms with Crippen molar-refractivity contribution in [2.24, 2.45) is 0 Å². The van der Waals surface area contributed by atoms with E-state index in [4.69, 9.17) is 0 Å². The van der Waals surface area contributed by atoms with Crippen molar-refractivity contribution in [3.05, 3.63) is 0 Å². The Kier molecular flexibility index (Phi) is 6.55. The second-order valence-corrected chi connectivity index (χ2v) is 5.77. The number of carbonyl (C=O) groups is 2. The van der Waals surface area contributed by atoms with Crippen molar-refractivity contribution in [2.75, 3.05) is 26.2 Å². The molecule has 1 unspecified atom stereocenters. The molecule has 0 aromatic heterocycles. The van der Waals surface area contributed by atoms with Gasteiger partial charge in [-0.15, -0.1) is 0 Å². The standard InChI is InChI=1S/C16H25N3O2/c20-15-9-8-14(18-15)16(21)17-10-4-7-13-19-11-5-2-1-3-6-12-19/h14H,1-3,5-6,8-13H2,(H,17,21)(H,18,20). The van der Waals surface area contributed by atoms with Crippen LogP contribution in [0.4, 0.5) is 0 Å². The van der Waals surface area contributed by atoms with Gasteiger partial charge in [-0.3, -0.25) is 14.5 Å². The molecule has 2 heterocycles. The fraction of sp³-hybridized carbons (Fsp3) is 0.750. The van der Waals surface area contributed by atoms with Crippen molar-refractivity contribution in [1.82, 2.24) is 15.5 Å². The Hall–Kier alpha value is -1.54. The van der Waals surface area contributed by atoms with Gasteiger partial charge < -0.3 is 10.6 Å². The Morgan fingerprint density at radius 3 is 2.57 bits per heavy atom. The first kappa shape index (κ1) is 15.8. The van der Waals surface area contributed by atoms with Gasteiger partial charge in [-0.05, 0) is 32.4 Å². The minimum atomic E-state index is -0.367. The molecule has 2 saturated heterocycles. The predicted molar refractivity (Wildman–Crippen MR) is 81.5 cm³/mol. The Balaban J connectivity index is 1.61. The average Bonchev–Trinajstić information content (AvgIpc) is 2.87. The molecule has 0 bridgehead atoms. The zero-order valence-corrected chi connectivity index (χ0v) is 12.6. The van der Waals surface area contributed by atoms with Gasteiger partial charge in [-0.2, -0.15) is 0 Å². The molecule has 1 atom stereocenters. The maximum atomic E-state index is 11.7. The average molecular weight is 291 g/mol. The highest BCUT2D eigenvalue weighted by atomic mass is 16.2. The van der Waals surface area contributed by atoms with E-state index in [2.05, 4.69) is 27.4 Å². The largest absolute Gasteiger partial charge is 0.344 e. The lowest BCUT2D eigenvalue weighted by Crippen LogP contribution is -2.41. The molecule has 5 nitrogen and oxygen atoms in total. The molecule has 2 aliphatic rings. The molecule has 2 amide bonds. The number of rotatable bonds is 3. The van der Waals surface area contributed by atoms with Crippen molar-refractivity contribution in [3.8, 4) is 11.8 Å². The molecule has 116 valence electrons. The minimum absolute atomic E-state index is 0.0432. The van der Waals surface area contributed by atoms with Gasteiger partial charge in [-0.1, -0.05) is 31.1 Å². The third-order valence-corrected chi connectivity index (χ3v) is 4.04. The zero-order valence-electron chi connectivity index (χ0n) is 12.6. The summed E-state index contributed by atoms with van der Waals surface area (Å²) in [5.41, 5.74) is 0. The Bertz CT molecular complexity index is 417. The van der Waals surface area contributed by atoms with Crippen LogP contribution in [0, 0.1) is 11.8 Å². The van der Waals surface area contributed by atoms with E-state index in [1.165, 1.54) is 32.1 Å². The highest BCUT2D eigenvalue weighted by molar-refractivity contribution is 5.90. The summed E-state index contributed by atoms with van der Waals surface area (Å²) in [5.74, 6) is 5.96. The Morgan fingerprint density at radius 1 is 1.19 bits per heavy atom. The molecule has 0 spiro atoms. The van der Waals surface area contributed by atoms with Crippen molar-refractivity contribution >= 4 is 11.8 Å². The van der Waals surface area contributed by atoms with Crippen molar-refractivity contribution in [2.45, 2.75) is 51.0 Å². The quantitative estimate of drug-likeness (QED) is 0.751. The number of hydrogen-bond acceptors (Lipinski definition) is 3. The van der Waals surface area contributed by atoms with E-state index in [0.717, 1.165) is 19.6 Å². The predicted octanol–water partition coefficient (Wildman–Crippen LogP) is 0.651. The molecular weight excluding hydrogens is 266 g/mol. The zero-order chi connectivity index (χ0) is 14.9. The summed E-state index contributed by atoms with van der Waals surface area (Å²) >= 11 is 0. The van der Waals surface area contributed by atoms with Crippen LogP contribution >= 0.6 is 0 Å². The van der Waals surface area contributed by atoms with Gasteiger partial charge >= 0.3 is 0 Å². The smallest absolute Gasteiger partial charge is 0.243 e. The molecular formula is C16H25N3O2. The monoisotopic (exact) mass is 291 g/mol. The lowest BCUT2D eigenvalue weighted by molar-refractivity contribution is -0.125. The van der Waals surface area contributed by atoms with Crippen LogP contribution in [0.2, 0.25) is 0 Å². The van der Waals surface area contributed by atoms with Gasteiger partial charge in [0, 0.05) is 6.42 Å². The lowest BCUT2D eigenvalue weighted by atomic mass is 10.1. The van der Waals surface area contributed by atoms with Gasteiger partial charge in [0.05, 0.1) is 13.1 Å². The second kappa shape index (κ2) is 8.68. The number of nitrogens with one attached hydrogen (secondary N) is 2. The third kappa shape index (κ3) is 5.76. The van der Waals surface area contributed by atoms with Crippen LogP contribution in [-0.4, -0.2) is 48.9 Å². The maximum absolute atomic E-state index is 11.7. The normalized spacial score (nSPS) is 23.4. The van der Waals surface area contributed by atoms with Gasteiger partial charge in [0.2, 0.25) is 11.8 Å². The first-order valence-corrected chi connectivity index (χ1v) is 8.01. The molecule has 5 heteroatoms. The summed E-state index contributed by atoms with van der Waals surface area (Å²) in [6, 6.07) is -0.367. The summed E-state index contributed by atoms with van der Waals surface area (Å²) in [5, 5.41) is 5.41. The number of carbonyl (C=O) groups excluding carboxylic acids is 2. The first-order chi connectivity index (χ1) is 10.3. The third-order valence-electron chi connectivity index (χ3n) is 4.04. The van der Waals surface area contributed by atoms with Crippen LogP contribution in [0.5, 0.6) is 0 Å². The molecule has 0 saturated carbocycles. The van der Waals surface area contributed by atoms with Crippen LogP contribution in [0.1, 0.15) is 44.9 Å². The molecule has 2 aliphatic heterocycles. The van der Waals surface area contributed by atoms with E-state index < -0.39 is 0 Å². The van der Waals surface area contributed by atoms with Crippen LogP contribution in [0.25, 0.3) is 0 Å². The molecule has 2 N–H and O–H groups in total. The van der Waals surface area contributed by atoms with Crippen LogP contribution in [0.3, 0.4) is 0 Å². The van der Waals surface area contributed by atoms with E-state index in [1.807, 2.05) is 0 Å². The van der Waals surface area contributed by atoms with Crippen molar-refractivity contribution in [1.29, 1.82) is 0 Å². The number of likely N-dealkylation sites (tertiary alicyclic amines) is 1. The summed E-state index contributed by atoms with van der Waals surface area (Å²) < 4.78 is 0. The highest BCUT2D eigenvalue weighted by Crippen LogP contribution is 2.09. The topological polar surface area (TPSA) is 61.4 Å². The maximum Gasteiger partial charge on any atom is 0.243 e. The Morgan fingerprint density at radius 2 is 1.90 bits per heavy atom. The first-order valence-electron chi connectivity index (χ1n) is 8.01. The fourth-order valence-electron chi connectivity index (χ4n) is 2.77. The van der Waals surface area contributed by atoms with Gasteiger partial charge in [0.15, 0.2) is 0 Å². The van der Waals surface area contributed by atoms with Crippen LogP contribution in [-0.2, 0) is 9.59 Å². The van der Waals surface area contributed by atoms with Crippen LogP contribution in [0.15, 0.2) is 0 Å². The molecule has 0 aromatic rings. The fourth-order valence-corrected chi connectivity index (χ4v) is 2.77. The van der Waals surface area contributed by atoms with E-state index in [0.29, 0.717) is 19.4 Å². The molecule has 2 fully saturated rings. The van der Waals surface area contributed by atoms with Gasteiger partial charge in [-0.25, -0.2) is 0 Å². The highest BCUT2D eigenvalue weighted by Gasteiger charge is 2.26. The van der Waals surface area contributed by atoms with Crippen molar-refractivity contribution in [3.63, 3.8) is 0 Å². The minimum Gasteiger partial charge on any atom is -0.344 e. The molecule has 0 aliphatic carbocycles. The van der Waals surface area contributed by atoms with Gasteiger partial charge in [0.25, 0.3) is 0 Å². The summed E-state index contributed by atoms with van der Waals surface area (Å²) in [6.07, 6.45) is 7.58. The molecule has 21 heavy (non-hydrogen) atoms. The lowest BCUT2D eigenvalue weighted by Gasteiger charge is -2.21. The van der Waals surface area contributed by atoms with E-state index in [-0.39, 0.29) is 17.9 Å². The summed E-state index contributed by atoms with van der Waals surface area (Å²) in [4.78, 5) is 25.2. The van der Waals surface area contributed by atoms with E-state index in [1.54, 1.807) is 0 Å². The van der Waals surface area contributed by atoms with Crippen LogP contribution < -0.4 is 10.6 Å². The number of amides is 2. The molecule has 0 aromatic carbocycles. The van der Waals surface area contributed by atoms with E-state index in [9.17, 15) is 9.59 Å².